The van der Waals surface area contributed by atoms with E-state index >= 15 is 0 Å². The molecule has 5 N–H and O–H groups in total. The predicted octanol–water partition coefficient (Wildman–Crippen LogP) is 1.23. The molecule has 0 saturated carbocycles. The van der Waals surface area contributed by atoms with Crippen LogP contribution in [0.3, 0.4) is 0 Å². The molecule has 0 fully saturated rings. The Morgan fingerprint density at radius 2 is 1.89 bits per heavy atom. The Bertz CT molecular complexity index is 563. The first kappa shape index (κ1) is 15.5. The van der Waals surface area contributed by atoms with E-state index in [4.69, 9.17) is 10.9 Å². The van der Waals surface area contributed by atoms with Crippen LogP contribution in [0.4, 0.5) is 28.9 Å². The number of benzene rings is 1. The number of nitrogen functional groups attached to an aromatic ring is 1. The molecule has 0 unspecified atom stereocenters. The highest BCUT2D eigenvalue weighted by Gasteiger charge is 2.40. The quantitative estimate of drug-likeness (QED) is 0.562. The standard InChI is InChI=1S/C9H11F4N3O2S/c10-8(11)9(12,13)4-16-6-2-1-5(14)3-7(6)19(15,17)18/h1-3,8,16H,4,14H2,(H2,15,17,18). The molecule has 1 aromatic carbocycles. The highest BCUT2D eigenvalue weighted by molar-refractivity contribution is 7.89. The van der Waals surface area contributed by atoms with Crippen LogP contribution < -0.4 is 16.2 Å². The van der Waals surface area contributed by atoms with Gasteiger partial charge in [-0.2, -0.15) is 8.78 Å². The summed E-state index contributed by atoms with van der Waals surface area (Å²) in [5.74, 6) is -4.29. The highest BCUT2D eigenvalue weighted by Crippen LogP contribution is 2.27. The van der Waals surface area contributed by atoms with E-state index in [1.807, 2.05) is 5.32 Å². The maximum Gasteiger partial charge on any atom is 0.324 e. The smallest absolute Gasteiger partial charge is 0.324 e. The Hall–Kier alpha value is -1.55. The number of anilines is 2. The van der Waals surface area contributed by atoms with Crippen molar-refractivity contribution in [3.63, 3.8) is 0 Å². The van der Waals surface area contributed by atoms with Crippen molar-refractivity contribution in [3.05, 3.63) is 18.2 Å². The minimum Gasteiger partial charge on any atom is -0.399 e. The molecule has 19 heavy (non-hydrogen) atoms. The summed E-state index contributed by atoms with van der Waals surface area (Å²) < 4.78 is 71.8. The van der Waals surface area contributed by atoms with E-state index < -0.39 is 33.8 Å². The Kier molecular flexibility index (Phi) is 4.25. The van der Waals surface area contributed by atoms with Crippen molar-refractivity contribution < 1.29 is 26.0 Å². The van der Waals surface area contributed by atoms with E-state index in [1.54, 1.807) is 0 Å². The van der Waals surface area contributed by atoms with Crippen LogP contribution >= 0.6 is 0 Å². The summed E-state index contributed by atoms with van der Waals surface area (Å²) in [5.41, 5.74) is 5.05. The van der Waals surface area contributed by atoms with Gasteiger partial charge in [0, 0.05) is 5.69 Å². The topological polar surface area (TPSA) is 98.2 Å². The molecular formula is C9H11F4N3O2S. The number of nitrogens with two attached hydrogens (primary N) is 2. The summed E-state index contributed by atoms with van der Waals surface area (Å²) in [6.07, 6.45) is -3.87. The number of primary sulfonamides is 1. The summed E-state index contributed by atoms with van der Waals surface area (Å²) in [5, 5.41) is 6.79. The molecule has 0 aromatic heterocycles. The fourth-order valence-electron chi connectivity index (χ4n) is 1.21. The molecule has 0 aliphatic heterocycles. The third kappa shape index (κ3) is 3.96. The molecular weight excluding hydrogens is 290 g/mol. The first-order valence-corrected chi connectivity index (χ1v) is 6.41. The van der Waals surface area contributed by atoms with Crippen molar-refractivity contribution in [1.82, 2.24) is 0 Å². The van der Waals surface area contributed by atoms with Gasteiger partial charge in [0.2, 0.25) is 10.0 Å². The Morgan fingerprint density at radius 1 is 1.32 bits per heavy atom. The molecule has 10 heteroatoms. The van der Waals surface area contributed by atoms with Crippen LogP contribution in [0, 0.1) is 0 Å². The monoisotopic (exact) mass is 301 g/mol. The van der Waals surface area contributed by atoms with Gasteiger partial charge in [-0.25, -0.2) is 22.3 Å². The summed E-state index contributed by atoms with van der Waals surface area (Å²) in [6, 6.07) is 3.23. The lowest BCUT2D eigenvalue weighted by Gasteiger charge is -2.18. The van der Waals surface area contributed by atoms with Crippen molar-refractivity contribution in [1.29, 1.82) is 0 Å². The third-order valence-electron chi connectivity index (χ3n) is 2.15. The molecule has 5 nitrogen and oxygen atoms in total. The van der Waals surface area contributed by atoms with Crippen LogP contribution in [0.5, 0.6) is 0 Å². The Morgan fingerprint density at radius 3 is 2.37 bits per heavy atom. The fourth-order valence-corrected chi connectivity index (χ4v) is 1.96. The van der Waals surface area contributed by atoms with Gasteiger partial charge in [-0.05, 0) is 18.2 Å². The molecule has 0 aliphatic carbocycles. The minimum atomic E-state index is -4.29. The summed E-state index contributed by atoms with van der Waals surface area (Å²) in [6.45, 7) is -1.43. The van der Waals surface area contributed by atoms with Crippen LogP contribution in [0.25, 0.3) is 0 Å². The average Bonchev–Trinajstić information content (AvgIpc) is 2.26. The van der Waals surface area contributed by atoms with Gasteiger partial charge in [0.05, 0.1) is 12.2 Å². The summed E-state index contributed by atoms with van der Waals surface area (Å²) in [7, 11) is -4.22. The van der Waals surface area contributed by atoms with Gasteiger partial charge in [0.15, 0.2) is 0 Å². The largest absolute Gasteiger partial charge is 0.399 e. The molecule has 1 rings (SSSR count). The van der Waals surface area contributed by atoms with Gasteiger partial charge in [0.25, 0.3) is 0 Å². The zero-order chi connectivity index (χ0) is 14.8. The zero-order valence-electron chi connectivity index (χ0n) is 9.41. The number of alkyl halides is 4. The van der Waals surface area contributed by atoms with Crippen molar-refractivity contribution in [2.75, 3.05) is 17.6 Å². The second-order valence-electron chi connectivity index (χ2n) is 3.72. The highest BCUT2D eigenvalue weighted by atomic mass is 32.2. The molecule has 0 amide bonds. The number of nitrogens with one attached hydrogen (secondary N) is 1. The van der Waals surface area contributed by atoms with Gasteiger partial charge in [-0.3, -0.25) is 0 Å². The van der Waals surface area contributed by atoms with Crippen LogP contribution in [0.2, 0.25) is 0 Å². The first-order valence-electron chi connectivity index (χ1n) is 4.86. The van der Waals surface area contributed by atoms with Gasteiger partial charge < -0.3 is 11.1 Å². The van der Waals surface area contributed by atoms with E-state index in [0.29, 0.717) is 0 Å². The van der Waals surface area contributed by atoms with Gasteiger partial charge in [0.1, 0.15) is 4.90 Å². The normalized spacial score (nSPS) is 12.7. The SMILES string of the molecule is Nc1ccc(NCC(F)(F)C(F)F)c(S(N)(=O)=O)c1. The van der Waals surface area contributed by atoms with E-state index in [1.165, 1.54) is 6.07 Å². The van der Waals surface area contributed by atoms with Gasteiger partial charge >= 0.3 is 12.3 Å². The van der Waals surface area contributed by atoms with E-state index in [-0.39, 0.29) is 11.4 Å². The van der Waals surface area contributed by atoms with Crippen molar-refractivity contribution in [2.24, 2.45) is 5.14 Å². The van der Waals surface area contributed by atoms with E-state index in [0.717, 1.165) is 12.1 Å². The summed E-state index contributed by atoms with van der Waals surface area (Å²) in [4.78, 5) is -0.544. The van der Waals surface area contributed by atoms with Crippen molar-refractivity contribution >= 4 is 21.4 Å². The molecule has 108 valence electrons. The Labute approximate surface area is 106 Å². The molecule has 0 radical (unpaired) electrons. The molecule has 1 aromatic rings. The number of halogens is 4. The molecule has 0 spiro atoms. The maximum absolute atomic E-state index is 12.7. The lowest BCUT2D eigenvalue weighted by Crippen LogP contribution is -2.35. The minimum absolute atomic E-state index is 0.0372. The molecule has 0 atom stereocenters. The van der Waals surface area contributed by atoms with E-state index in [9.17, 15) is 26.0 Å². The van der Waals surface area contributed by atoms with Crippen molar-refractivity contribution in [3.8, 4) is 0 Å². The zero-order valence-corrected chi connectivity index (χ0v) is 10.2. The Balaban J connectivity index is 3.03. The predicted molar refractivity (Wildman–Crippen MR) is 61.7 cm³/mol. The van der Waals surface area contributed by atoms with Crippen LogP contribution in [0.1, 0.15) is 0 Å². The second kappa shape index (κ2) is 5.21. The number of hydrogen-bond acceptors (Lipinski definition) is 4. The lowest BCUT2D eigenvalue weighted by atomic mass is 10.2. The molecule has 0 bridgehead atoms. The molecule has 0 aliphatic rings. The lowest BCUT2D eigenvalue weighted by molar-refractivity contribution is -0.117. The van der Waals surface area contributed by atoms with Crippen LogP contribution in [-0.4, -0.2) is 27.3 Å². The molecule has 0 saturated heterocycles. The van der Waals surface area contributed by atoms with Gasteiger partial charge in [-0.1, -0.05) is 0 Å². The van der Waals surface area contributed by atoms with Crippen LogP contribution in [0.15, 0.2) is 23.1 Å². The molecule has 0 heterocycles. The fraction of sp³-hybridized carbons (Fsp3) is 0.333. The number of sulfonamides is 1. The van der Waals surface area contributed by atoms with Crippen molar-refractivity contribution in [2.45, 2.75) is 17.2 Å². The second-order valence-corrected chi connectivity index (χ2v) is 5.25. The van der Waals surface area contributed by atoms with E-state index in [2.05, 4.69) is 0 Å². The van der Waals surface area contributed by atoms with Crippen LogP contribution in [-0.2, 0) is 10.0 Å². The number of hydrogen-bond donors (Lipinski definition) is 3. The summed E-state index contributed by atoms with van der Waals surface area (Å²) >= 11 is 0. The third-order valence-corrected chi connectivity index (χ3v) is 3.10. The number of rotatable bonds is 5. The average molecular weight is 301 g/mol. The van der Waals surface area contributed by atoms with Gasteiger partial charge in [-0.15, -0.1) is 0 Å². The first-order chi connectivity index (χ1) is 8.54. The maximum atomic E-state index is 12.7.